The number of nitrogens with zero attached hydrogens (tertiary/aromatic N) is 1. The summed E-state index contributed by atoms with van der Waals surface area (Å²) in [7, 11) is 1.84. The van der Waals surface area contributed by atoms with Gasteiger partial charge in [0, 0.05) is 30.1 Å². The summed E-state index contributed by atoms with van der Waals surface area (Å²) in [6.45, 7) is 1.36. The molecule has 0 atom stereocenters. The van der Waals surface area contributed by atoms with Crippen LogP contribution >= 0.6 is 34.5 Å². The van der Waals surface area contributed by atoms with Crippen LogP contribution in [-0.4, -0.2) is 37.8 Å². The lowest BCUT2D eigenvalue weighted by molar-refractivity contribution is 0.252. The maximum Gasteiger partial charge on any atom is 0.321 e. The molecule has 3 rings (SSSR count). The topological polar surface area (TPSA) is 75.3 Å². The van der Waals surface area contributed by atoms with Crippen LogP contribution in [0.1, 0.15) is 12.0 Å². The molecule has 0 saturated heterocycles. The Hall–Kier alpha value is -2.20. The number of benzene rings is 2. The molecular weight excluding hydrogens is 469 g/mol. The molecular formula is C20H20Cl2F2N4O2S. The Kier molecular flexibility index (Phi) is 8.25. The average Bonchev–Trinajstić information content (AvgIpc) is 3.11. The van der Waals surface area contributed by atoms with Crippen molar-refractivity contribution in [3.05, 3.63) is 51.5 Å². The molecule has 2 amide bonds. The van der Waals surface area contributed by atoms with E-state index in [0.717, 1.165) is 13.0 Å². The van der Waals surface area contributed by atoms with Crippen molar-refractivity contribution in [2.75, 3.05) is 32.1 Å². The third kappa shape index (κ3) is 6.16. The van der Waals surface area contributed by atoms with Gasteiger partial charge in [0.25, 0.3) is 0 Å². The molecule has 0 aliphatic rings. The van der Waals surface area contributed by atoms with Gasteiger partial charge in [0.15, 0.2) is 16.7 Å². The number of hydrogen-bond donors (Lipinski definition) is 3. The normalized spacial score (nSPS) is 11.0. The highest BCUT2D eigenvalue weighted by atomic mass is 35.5. The molecule has 0 bridgehead atoms. The second-order valence-electron chi connectivity index (χ2n) is 6.53. The van der Waals surface area contributed by atoms with E-state index in [4.69, 9.17) is 27.9 Å². The zero-order valence-electron chi connectivity index (χ0n) is 16.5. The molecule has 6 nitrogen and oxygen atoms in total. The number of urea groups is 1. The number of halogens is 4. The Bertz CT molecular complexity index is 1080. The maximum absolute atomic E-state index is 14.4. The van der Waals surface area contributed by atoms with Gasteiger partial charge in [-0.05, 0) is 37.7 Å². The van der Waals surface area contributed by atoms with Crippen LogP contribution < -0.4 is 20.7 Å². The molecule has 0 unspecified atom stereocenters. The van der Waals surface area contributed by atoms with Crippen molar-refractivity contribution in [1.29, 1.82) is 0 Å². The van der Waals surface area contributed by atoms with Crippen LogP contribution in [0.25, 0.3) is 10.2 Å². The van der Waals surface area contributed by atoms with Gasteiger partial charge in [0.2, 0.25) is 0 Å². The Morgan fingerprint density at radius 2 is 2.00 bits per heavy atom. The summed E-state index contributed by atoms with van der Waals surface area (Å²) in [4.78, 5) is 16.1. The number of aromatic nitrogens is 1. The minimum atomic E-state index is -0.600. The predicted octanol–water partition coefficient (Wildman–Crippen LogP) is 5.23. The summed E-state index contributed by atoms with van der Waals surface area (Å²) in [5, 5.41) is 8.93. The number of carbonyl (C=O) groups is 1. The van der Waals surface area contributed by atoms with Crippen molar-refractivity contribution in [3.63, 3.8) is 0 Å². The van der Waals surface area contributed by atoms with Crippen LogP contribution in [0.2, 0.25) is 10.0 Å². The second kappa shape index (κ2) is 10.9. The van der Waals surface area contributed by atoms with Crippen LogP contribution in [0.15, 0.2) is 24.3 Å². The van der Waals surface area contributed by atoms with Gasteiger partial charge in [-0.2, -0.15) is 0 Å². The molecule has 0 aliphatic carbocycles. The van der Waals surface area contributed by atoms with Gasteiger partial charge in [-0.15, -0.1) is 0 Å². The molecule has 0 radical (unpaired) electrons. The minimum Gasteiger partial charge on any atom is -0.490 e. The number of ether oxygens (including phenoxy) is 1. The Morgan fingerprint density at radius 3 is 2.77 bits per heavy atom. The highest BCUT2D eigenvalue weighted by Gasteiger charge is 2.14. The first-order chi connectivity index (χ1) is 14.9. The smallest absolute Gasteiger partial charge is 0.321 e. The van der Waals surface area contributed by atoms with Crippen molar-refractivity contribution in [2.24, 2.45) is 0 Å². The Balaban J connectivity index is 1.63. The Morgan fingerprint density at radius 1 is 1.19 bits per heavy atom. The molecule has 0 saturated carbocycles. The standard InChI is InChI=1S/C20H20Cl2F2N4O2S/c1-25-6-2-7-26-19(29)28-20-27-15-9-14(24)16(10-17(15)31-20)30-8-5-11-12(21)3-4-13(23)18(11)22/h3-4,9-10,25H,2,5-8H2,1H3,(H2,26,27,28,29). The number of amides is 2. The van der Waals surface area contributed by atoms with Crippen LogP contribution in [0, 0.1) is 11.6 Å². The van der Waals surface area contributed by atoms with Crippen LogP contribution in [0.4, 0.5) is 18.7 Å². The lowest BCUT2D eigenvalue weighted by Gasteiger charge is -2.10. The molecule has 1 aromatic heterocycles. The van der Waals surface area contributed by atoms with Crippen LogP contribution in [-0.2, 0) is 6.42 Å². The molecule has 0 aliphatic heterocycles. The molecule has 3 N–H and O–H groups in total. The maximum atomic E-state index is 14.4. The number of fused-ring (bicyclic) bond motifs is 1. The van der Waals surface area contributed by atoms with Gasteiger partial charge in [-0.3, -0.25) is 5.32 Å². The average molecular weight is 489 g/mol. The number of rotatable bonds is 9. The second-order valence-corrected chi connectivity index (χ2v) is 8.34. The fourth-order valence-corrected chi connectivity index (χ4v) is 4.19. The van der Waals surface area contributed by atoms with Crippen molar-refractivity contribution >= 4 is 55.9 Å². The first kappa shape index (κ1) is 23.5. The number of anilines is 1. The van der Waals surface area contributed by atoms with Crippen LogP contribution in [0.3, 0.4) is 0 Å². The third-order valence-corrected chi connectivity index (χ3v) is 6.00. The van der Waals surface area contributed by atoms with Gasteiger partial charge < -0.3 is 15.4 Å². The fourth-order valence-electron chi connectivity index (χ4n) is 2.76. The van der Waals surface area contributed by atoms with E-state index < -0.39 is 11.6 Å². The van der Waals surface area contributed by atoms with E-state index in [1.54, 1.807) is 0 Å². The summed E-state index contributed by atoms with van der Waals surface area (Å²) in [6, 6.07) is 4.96. The quantitative estimate of drug-likeness (QED) is 0.284. The molecule has 31 heavy (non-hydrogen) atoms. The fraction of sp³-hybridized carbons (Fsp3) is 0.300. The summed E-state index contributed by atoms with van der Waals surface area (Å²) in [6.07, 6.45) is 0.998. The van der Waals surface area contributed by atoms with Gasteiger partial charge >= 0.3 is 6.03 Å². The summed E-state index contributed by atoms with van der Waals surface area (Å²) >= 11 is 13.2. The minimum absolute atomic E-state index is 0.0165. The van der Waals surface area contributed by atoms with E-state index in [0.29, 0.717) is 32.5 Å². The van der Waals surface area contributed by atoms with E-state index in [1.807, 2.05) is 7.05 Å². The molecule has 11 heteroatoms. The highest BCUT2D eigenvalue weighted by Crippen LogP contribution is 2.32. The van der Waals surface area contributed by atoms with Gasteiger partial charge in [-0.25, -0.2) is 18.6 Å². The lowest BCUT2D eigenvalue weighted by Crippen LogP contribution is -2.30. The summed E-state index contributed by atoms with van der Waals surface area (Å²) in [5.41, 5.74) is 0.798. The predicted molar refractivity (Wildman–Crippen MR) is 121 cm³/mol. The third-order valence-electron chi connectivity index (χ3n) is 4.30. The van der Waals surface area contributed by atoms with E-state index in [2.05, 4.69) is 20.9 Å². The number of nitrogens with one attached hydrogen (secondary N) is 3. The van der Waals surface area contributed by atoms with E-state index in [-0.39, 0.29) is 29.8 Å². The summed E-state index contributed by atoms with van der Waals surface area (Å²) in [5.74, 6) is -1.16. The molecule has 3 aromatic rings. The SMILES string of the molecule is CNCCCNC(=O)Nc1nc2cc(F)c(OCCc3c(Cl)ccc(F)c3Cl)cc2s1. The van der Waals surface area contributed by atoms with Gasteiger partial charge in [-0.1, -0.05) is 34.5 Å². The van der Waals surface area contributed by atoms with E-state index >= 15 is 0 Å². The first-order valence-electron chi connectivity index (χ1n) is 9.43. The monoisotopic (exact) mass is 488 g/mol. The highest BCUT2D eigenvalue weighted by molar-refractivity contribution is 7.22. The zero-order chi connectivity index (χ0) is 22.4. The molecule has 0 spiro atoms. The number of carbonyl (C=O) groups excluding carboxylic acids is 1. The molecule has 1 heterocycles. The number of hydrogen-bond acceptors (Lipinski definition) is 5. The van der Waals surface area contributed by atoms with Crippen molar-refractivity contribution in [3.8, 4) is 5.75 Å². The van der Waals surface area contributed by atoms with E-state index in [9.17, 15) is 13.6 Å². The van der Waals surface area contributed by atoms with Crippen LogP contribution in [0.5, 0.6) is 5.75 Å². The van der Waals surface area contributed by atoms with E-state index in [1.165, 1.54) is 35.6 Å². The molecule has 166 valence electrons. The molecule has 2 aromatic carbocycles. The van der Waals surface area contributed by atoms with Crippen molar-refractivity contribution in [2.45, 2.75) is 12.8 Å². The van der Waals surface area contributed by atoms with Crippen molar-refractivity contribution < 1.29 is 18.3 Å². The lowest BCUT2D eigenvalue weighted by atomic mass is 10.1. The van der Waals surface area contributed by atoms with Gasteiger partial charge in [0.1, 0.15) is 5.82 Å². The first-order valence-corrected chi connectivity index (χ1v) is 11.0. The largest absolute Gasteiger partial charge is 0.490 e. The Labute approximate surface area is 191 Å². The van der Waals surface area contributed by atoms with Crippen molar-refractivity contribution in [1.82, 2.24) is 15.6 Å². The number of thiazole rings is 1. The molecule has 0 fully saturated rings. The zero-order valence-corrected chi connectivity index (χ0v) is 18.9. The van der Waals surface area contributed by atoms with Gasteiger partial charge in [0.05, 0.1) is 21.8 Å². The summed E-state index contributed by atoms with van der Waals surface area (Å²) < 4.78 is 34.2.